The lowest BCUT2D eigenvalue weighted by Crippen LogP contribution is -2.55. The zero-order valence-electron chi connectivity index (χ0n) is 16.3. The maximum absolute atomic E-state index is 13.7. The van der Waals surface area contributed by atoms with Crippen LogP contribution < -0.4 is 4.90 Å². The number of rotatable bonds is 2. The lowest BCUT2D eigenvalue weighted by Gasteiger charge is -2.42. The van der Waals surface area contributed by atoms with E-state index in [9.17, 15) is 14.0 Å². The van der Waals surface area contributed by atoms with Crippen molar-refractivity contribution in [3.63, 3.8) is 0 Å². The first kappa shape index (κ1) is 19.4. The van der Waals surface area contributed by atoms with Gasteiger partial charge in [-0.2, -0.15) is 0 Å². The van der Waals surface area contributed by atoms with E-state index >= 15 is 0 Å². The Balaban J connectivity index is 1.49. The number of carbonyl (C=O) groups is 2. The highest BCUT2D eigenvalue weighted by molar-refractivity contribution is 5.95. The molecule has 7 nitrogen and oxygen atoms in total. The molecule has 2 fully saturated rings. The topological polar surface area (TPSA) is 75.6 Å². The predicted octanol–water partition coefficient (Wildman–Crippen LogP) is 2.35. The maximum Gasteiger partial charge on any atom is 0.272 e. The molecule has 0 bridgehead atoms. The normalized spacial score (nSPS) is 22.6. The Kier molecular flexibility index (Phi) is 5.27. The smallest absolute Gasteiger partial charge is 0.272 e. The summed E-state index contributed by atoms with van der Waals surface area (Å²) in [5, 5.41) is 0. The molecule has 1 aromatic carbocycles. The molecule has 0 radical (unpaired) electrons. The van der Waals surface area contributed by atoms with Crippen molar-refractivity contribution in [2.24, 2.45) is 0 Å². The van der Waals surface area contributed by atoms with Gasteiger partial charge in [0.2, 0.25) is 0 Å². The lowest BCUT2D eigenvalue weighted by molar-refractivity contribution is -0.140. The first-order valence-electron chi connectivity index (χ1n) is 9.75. The molecule has 0 N–H and O–H groups in total. The van der Waals surface area contributed by atoms with E-state index in [1.165, 1.54) is 12.1 Å². The number of anilines is 1. The van der Waals surface area contributed by atoms with Gasteiger partial charge in [0, 0.05) is 25.0 Å². The van der Waals surface area contributed by atoms with Crippen molar-refractivity contribution in [2.45, 2.75) is 31.8 Å². The van der Waals surface area contributed by atoms with E-state index in [4.69, 9.17) is 4.74 Å². The summed E-state index contributed by atoms with van der Waals surface area (Å²) in [6.07, 6.45) is 3.66. The fourth-order valence-electron chi connectivity index (χ4n) is 4.00. The Hall–Kier alpha value is -2.87. The molecular formula is C21H23FN4O3. The highest BCUT2D eigenvalue weighted by Crippen LogP contribution is 2.33. The number of nitrogens with zero attached hydrogens (tertiary/aromatic N) is 4. The lowest BCUT2D eigenvalue weighted by atomic mass is 9.92. The van der Waals surface area contributed by atoms with Gasteiger partial charge in [-0.1, -0.05) is 6.07 Å². The van der Waals surface area contributed by atoms with Crippen LogP contribution in [0.4, 0.5) is 10.1 Å². The van der Waals surface area contributed by atoms with E-state index in [1.54, 1.807) is 41.1 Å². The maximum atomic E-state index is 13.7. The van der Waals surface area contributed by atoms with E-state index in [0.717, 1.165) is 12.8 Å². The van der Waals surface area contributed by atoms with Crippen LogP contribution in [0.15, 0.2) is 36.5 Å². The number of hydrogen-bond acceptors (Lipinski definition) is 5. The molecule has 2 aromatic rings. The molecule has 1 aromatic heterocycles. The largest absolute Gasteiger partial charge is 0.363 e. The fourth-order valence-corrected chi connectivity index (χ4v) is 4.00. The second kappa shape index (κ2) is 7.87. The average Bonchev–Trinajstić information content (AvgIpc) is 2.92. The molecule has 1 spiro atoms. The standard InChI is InChI=1S/C21H23FN4O3/c1-15-23-9-6-18(24-15)20(28)25-10-3-7-21(8-11-25)14-26(19(27)13-29-21)17-5-2-4-16(22)12-17/h2,4-6,9,12H,3,7-8,10-11,13-14H2,1H3. The Morgan fingerprint density at radius 1 is 1.24 bits per heavy atom. The van der Waals surface area contributed by atoms with Gasteiger partial charge in [-0.05, 0) is 50.5 Å². The zero-order valence-corrected chi connectivity index (χ0v) is 16.3. The van der Waals surface area contributed by atoms with Crippen molar-refractivity contribution < 1.29 is 18.7 Å². The van der Waals surface area contributed by atoms with Crippen molar-refractivity contribution in [3.05, 3.63) is 53.9 Å². The summed E-state index contributed by atoms with van der Waals surface area (Å²) >= 11 is 0. The van der Waals surface area contributed by atoms with E-state index in [2.05, 4.69) is 9.97 Å². The number of aromatic nitrogens is 2. The first-order valence-corrected chi connectivity index (χ1v) is 9.75. The Morgan fingerprint density at radius 3 is 2.90 bits per heavy atom. The monoisotopic (exact) mass is 398 g/mol. The summed E-state index contributed by atoms with van der Waals surface area (Å²) in [4.78, 5) is 36.9. The van der Waals surface area contributed by atoms with Gasteiger partial charge in [-0.15, -0.1) is 0 Å². The number of benzene rings is 1. The Bertz CT molecular complexity index is 938. The Labute approximate surface area is 168 Å². The summed E-state index contributed by atoms with van der Waals surface area (Å²) in [7, 11) is 0. The zero-order chi connectivity index (χ0) is 20.4. The van der Waals surface area contributed by atoms with Crippen molar-refractivity contribution in [1.82, 2.24) is 14.9 Å². The van der Waals surface area contributed by atoms with Crippen LogP contribution in [-0.4, -0.2) is 58.5 Å². The van der Waals surface area contributed by atoms with Crippen LogP contribution in [0.5, 0.6) is 0 Å². The minimum atomic E-state index is -0.545. The van der Waals surface area contributed by atoms with Gasteiger partial charge in [0.1, 0.15) is 23.9 Å². The van der Waals surface area contributed by atoms with Gasteiger partial charge in [-0.3, -0.25) is 9.59 Å². The molecule has 2 saturated heterocycles. The summed E-state index contributed by atoms with van der Waals surface area (Å²) in [5.41, 5.74) is 0.373. The van der Waals surface area contributed by atoms with E-state index in [1.807, 2.05) is 0 Å². The van der Waals surface area contributed by atoms with Crippen molar-refractivity contribution in [1.29, 1.82) is 0 Å². The minimum absolute atomic E-state index is 0.0461. The molecule has 1 unspecified atom stereocenters. The molecule has 4 rings (SSSR count). The second-order valence-corrected chi connectivity index (χ2v) is 7.57. The van der Waals surface area contributed by atoms with Gasteiger partial charge in [0.25, 0.3) is 11.8 Å². The summed E-state index contributed by atoms with van der Waals surface area (Å²) in [6.45, 7) is 3.16. The van der Waals surface area contributed by atoms with Crippen LogP contribution in [-0.2, 0) is 9.53 Å². The van der Waals surface area contributed by atoms with Crippen molar-refractivity contribution in [3.8, 4) is 0 Å². The second-order valence-electron chi connectivity index (χ2n) is 7.57. The fraction of sp³-hybridized carbons (Fsp3) is 0.429. The third kappa shape index (κ3) is 4.12. The van der Waals surface area contributed by atoms with Crippen LogP contribution >= 0.6 is 0 Å². The Morgan fingerprint density at radius 2 is 2.10 bits per heavy atom. The van der Waals surface area contributed by atoms with E-state index in [-0.39, 0.29) is 24.2 Å². The number of hydrogen-bond donors (Lipinski definition) is 0. The highest BCUT2D eigenvalue weighted by Gasteiger charge is 2.42. The quantitative estimate of drug-likeness (QED) is 0.776. The predicted molar refractivity (Wildman–Crippen MR) is 104 cm³/mol. The van der Waals surface area contributed by atoms with E-state index in [0.29, 0.717) is 43.3 Å². The van der Waals surface area contributed by atoms with Gasteiger partial charge >= 0.3 is 0 Å². The average molecular weight is 398 g/mol. The van der Waals surface area contributed by atoms with Crippen molar-refractivity contribution in [2.75, 3.05) is 31.1 Å². The van der Waals surface area contributed by atoms with Crippen LogP contribution in [0.2, 0.25) is 0 Å². The van der Waals surface area contributed by atoms with Gasteiger partial charge in [0.15, 0.2) is 0 Å². The van der Waals surface area contributed by atoms with Crippen LogP contribution in [0.25, 0.3) is 0 Å². The molecule has 152 valence electrons. The first-order chi connectivity index (χ1) is 14.0. The highest BCUT2D eigenvalue weighted by atomic mass is 19.1. The number of ether oxygens (including phenoxy) is 1. The van der Waals surface area contributed by atoms with Crippen LogP contribution in [0, 0.1) is 12.7 Å². The molecule has 8 heteroatoms. The van der Waals surface area contributed by atoms with Crippen molar-refractivity contribution >= 4 is 17.5 Å². The minimum Gasteiger partial charge on any atom is -0.363 e. The SMILES string of the molecule is Cc1nccc(C(=O)N2CCCC3(CC2)CN(c2cccc(F)c2)C(=O)CO3)n1. The number of halogens is 1. The number of carbonyl (C=O) groups excluding carboxylic acids is 2. The van der Waals surface area contributed by atoms with Gasteiger partial charge < -0.3 is 14.5 Å². The molecule has 29 heavy (non-hydrogen) atoms. The number of likely N-dealkylation sites (tertiary alicyclic amines) is 1. The van der Waals surface area contributed by atoms with Crippen LogP contribution in [0.3, 0.4) is 0 Å². The van der Waals surface area contributed by atoms with E-state index < -0.39 is 5.60 Å². The molecular weight excluding hydrogens is 375 g/mol. The van der Waals surface area contributed by atoms with Crippen LogP contribution in [0.1, 0.15) is 35.6 Å². The number of amides is 2. The van der Waals surface area contributed by atoms with Gasteiger partial charge in [0.05, 0.1) is 12.1 Å². The molecule has 2 amide bonds. The molecule has 0 aliphatic carbocycles. The molecule has 1 atom stereocenters. The number of morpholine rings is 1. The number of aryl methyl sites for hydroxylation is 1. The molecule has 2 aliphatic heterocycles. The summed E-state index contributed by atoms with van der Waals surface area (Å²) in [6, 6.07) is 7.66. The third-order valence-corrected chi connectivity index (χ3v) is 5.55. The summed E-state index contributed by atoms with van der Waals surface area (Å²) in [5.74, 6) is -0.132. The molecule has 2 aliphatic rings. The molecule has 0 saturated carbocycles. The summed E-state index contributed by atoms with van der Waals surface area (Å²) < 4.78 is 19.6. The molecule has 3 heterocycles. The van der Waals surface area contributed by atoms with Gasteiger partial charge in [-0.25, -0.2) is 14.4 Å². The third-order valence-electron chi connectivity index (χ3n) is 5.55.